The maximum absolute atomic E-state index is 13.6. The monoisotopic (exact) mass is 359 g/mol. The molecule has 0 spiro atoms. The minimum absolute atomic E-state index is 0.0494. The van der Waals surface area contributed by atoms with Gasteiger partial charge in [0, 0.05) is 19.2 Å². The van der Waals surface area contributed by atoms with Crippen molar-refractivity contribution in [2.45, 2.75) is 13.3 Å². The zero-order chi connectivity index (χ0) is 18.9. The van der Waals surface area contributed by atoms with Crippen LogP contribution in [-0.4, -0.2) is 32.0 Å². The maximum atomic E-state index is 13.6. The number of halogens is 1. The SMILES string of the molecule is COc1ccc(CCNC(=O)CNc2ccc(F)c(NC(C)=O)c2)cc1. The molecule has 2 amide bonds. The average molecular weight is 359 g/mol. The summed E-state index contributed by atoms with van der Waals surface area (Å²) in [5.41, 5.74) is 1.71. The highest BCUT2D eigenvalue weighted by Gasteiger charge is 2.06. The van der Waals surface area contributed by atoms with Crippen molar-refractivity contribution in [2.75, 3.05) is 30.8 Å². The number of nitrogens with one attached hydrogen (secondary N) is 3. The topological polar surface area (TPSA) is 79.5 Å². The normalized spacial score (nSPS) is 10.1. The molecule has 2 rings (SSSR count). The number of hydrogen-bond acceptors (Lipinski definition) is 4. The van der Waals surface area contributed by atoms with E-state index in [4.69, 9.17) is 4.74 Å². The molecule has 0 aliphatic heterocycles. The quantitative estimate of drug-likeness (QED) is 0.677. The first-order chi connectivity index (χ1) is 12.5. The number of carbonyl (C=O) groups is 2. The minimum atomic E-state index is -0.533. The third-order valence-corrected chi connectivity index (χ3v) is 3.63. The van der Waals surface area contributed by atoms with Gasteiger partial charge < -0.3 is 20.7 Å². The lowest BCUT2D eigenvalue weighted by molar-refractivity contribution is -0.119. The van der Waals surface area contributed by atoms with Crippen molar-refractivity contribution in [2.24, 2.45) is 0 Å². The van der Waals surface area contributed by atoms with Gasteiger partial charge in [-0.15, -0.1) is 0 Å². The maximum Gasteiger partial charge on any atom is 0.239 e. The number of benzene rings is 2. The fourth-order valence-electron chi connectivity index (χ4n) is 2.30. The molecule has 0 bridgehead atoms. The molecule has 6 nitrogen and oxygen atoms in total. The van der Waals surface area contributed by atoms with E-state index in [1.807, 2.05) is 24.3 Å². The van der Waals surface area contributed by atoms with Crippen LogP contribution in [0.1, 0.15) is 12.5 Å². The van der Waals surface area contributed by atoms with E-state index >= 15 is 0 Å². The van der Waals surface area contributed by atoms with Crippen LogP contribution in [0.2, 0.25) is 0 Å². The van der Waals surface area contributed by atoms with Crippen molar-refractivity contribution in [1.29, 1.82) is 0 Å². The molecule has 2 aromatic carbocycles. The van der Waals surface area contributed by atoms with Crippen LogP contribution in [0.3, 0.4) is 0 Å². The second-order valence-electron chi connectivity index (χ2n) is 5.68. The van der Waals surface area contributed by atoms with Crippen LogP contribution in [-0.2, 0) is 16.0 Å². The molecule has 0 fully saturated rings. The van der Waals surface area contributed by atoms with Crippen molar-refractivity contribution in [1.82, 2.24) is 5.32 Å². The van der Waals surface area contributed by atoms with Crippen molar-refractivity contribution in [3.05, 3.63) is 53.8 Å². The van der Waals surface area contributed by atoms with Gasteiger partial charge in [0.25, 0.3) is 0 Å². The molecule has 0 radical (unpaired) electrons. The van der Waals surface area contributed by atoms with E-state index in [1.54, 1.807) is 7.11 Å². The zero-order valence-electron chi connectivity index (χ0n) is 14.8. The van der Waals surface area contributed by atoms with E-state index in [-0.39, 0.29) is 24.0 Å². The first kappa shape index (κ1) is 19.2. The highest BCUT2D eigenvalue weighted by atomic mass is 19.1. The lowest BCUT2D eigenvalue weighted by Gasteiger charge is -2.10. The Bertz CT molecular complexity index is 763. The number of hydrogen-bond donors (Lipinski definition) is 3. The predicted octanol–water partition coefficient (Wildman–Crippen LogP) is 2.56. The summed E-state index contributed by atoms with van der Waals surface area (Å²) >= 11 is 0. The van der Waals surface area contributed by atoms with Gasteiger partial charge in [0.05, 0.1) is 19.3 Å². The molecule has 26 heavy (non-hydrogen) atoms. The average Bonchev–Trinajstić information content (AvgIpc) is 2.62. The van der Waals surface area contributed by atoms with Crippen LogP contribution in [0.4, 0.5) is 15.8 Å². The number of ether oxygens (including phenoxy) is 1. The Morgan fingerprint density at radius 3 is 2.50 bits per heavy atom. The summed E-state index contributed by atoms with van der Waals surface area (Å²) in [4.78, 5) is 22.9. The Morgan fingerprint density at radius 1 is 1.12 bits per heavy atom. The number of amides is 2. The summed E-state index contributed by atoms with van der Waals surface area (Å²) in [6, 6.07) is 11.8. The van der Waals surface area contributed by atoms with Crippen molar-refractivity contribution in [3.63, 3.8) is 0 Å². The summed E-state index contributed by atoms with van der Waals surface area (Å²) in [5.74, 6) is -0.282. The van der Waals surface area contributed by atoms with Crippen molar-refractivity contribution in [3.8, 4) is 5.75 Å². The van der Waals surface area contributed by atoms with Crippen LogP contribution in [0.5, 0.6) is 5.75 Å². The van der Waals surface area contributed by atoms with Crippen LogP contribution < -0.4 is 20.7 Å². The minimum Gasteiger partial charge on any atom is -0.497 e. The van der Waals surface area contributed by atoms with Gasteiger partial charge in [0.2, 0.25) is 11.8 Å². The molecule has 0 aliphatic carbocycles. The van der Waals surface area contributed by atoms with E-state index in [1.165, 1.54) is 25.1 Å². The molecule has 0 unspecified atom stereocenters. The van der Waals surface area contributed by atoms with Gasteiger partial charge in [-0.2, -0.15) is 0 Å². The molecule has 7 heteroatoms. The van der Waals surface area contributed by atoms with E-state index in [2.05, 4.69) is 16.0 Å². The van der Waals surface area contributed by atoms with Gasteiger partial charge in [0.15, 0.2) is 0 Å². The second kappa shape index (κ2) is 9.41. The molecule has 0 saturated carbocycles. The molecular weight excluding hydrogens is 337 g/mol. The number of methoxy groups -OCH3 is 1. The highest BCUT2D eigenvalue weighted by Crippen LogP contribution is 2.19. The van der Waals surface area contributed by atoms with Gasteiger partial charge in [-0.3, -0.25) is 9.59 Å². The summed E-state index contributed by atoms with van der Waals surface area (Å²) < 4.78 is 18.7. The van der Waals surface area contributed by atoms with E-state index in [0.29, 0.717) is 18.7 Å². The third-order valence-electron chi connectivity index (χ3n) is 3.63. The van der Waals surface area contributed by atoms with Crippen LogP contribution in [0.25, 0.3) is 0 Å². The molecule has 0 aliphatic rings. The van der Waals surface area contributed by atoms with Gasteiger partial charge in [0.1, 0.15) is 11.6 Å². The van der Waals surface area contributed by atoms with Gasteiger partial charge >= 0.3 is 0 Å². The van der Waals surface area contributed by atoms with E-state index in [9.17, 15) is 14.0 Å². The molecule has 0 saturated heterocycles. The lowest BCUT2D eigenvalue weighted by Crippen LogP contribution is -2.31. The van der Waals surface area contributed by atoms with E-state index < -0.39 is 5.82 Å². The molecule has 0 aromatic heterocycles. The lowest BCUT2D eigenvalue weighted by atomic mass is 10.1. The Morgan fingerprint density at radius 2 is 1.85 bits per heavy atom. The van der Waals surface area contributed by atoms with Crippen LogP contribution in [0, 0.1) is 5.82 Å². The molecule has 2 aromatic rings. The number of carbonyl (C=O) groups excluding carboxylic acids is 2. The first-order valence-corrected chi connectivity index (χ1v) is 8.18. The zero-order valence-corrected chi connectivity index (χ0v) is 14.8. The smallest absolute Gasteiger partial charge is 0.239 e. The van der Waals surface area contributed by atoms with Crippen molar-refractivity contribution < 1.29 is 18.7 Å². The van der Waals surface area contributed by atoms with Gasteiger partial charge in [-0.25, -0.2) is 4.39 Å². The Hall–Kier alpha value is -3.09. The van der Waals surface area contributed by atoms with Gasteiger partial charge in [-0.05, 0) is 42.3 Å². The standard InChI is InChI=1S/C19H22FN3O3/c1-13(24)23-18-11-15(5-8-17(18)20)22-12-19(25)21-10-9-14-3-6-16(26-2)7-4-14/h3-8,11,22H,9-10,12H2,1-2H3,(H,21,25)(H,23,24). The summed E-state index contributed by atoms with van der Waals surface area (Å²) in [5, 5.41) is 8.11. The third kappa shape index (κ3) is 6.08. The van der Waals surface area contributed by atoms with Crippen LogP contribution >= 0.6 is 0 Å². The van der Waals surface area contributed by atoms with Crippen LogP contribution in [0.15, 0.2) is 42.5 Å². The summed E-state index contributed by atoms with van der Waals surface area (Å²) in [6.45, 7) is 1.86. The molecule has 3 N–H and O–H groups in total. The highest BCUT2D eigenvalue weighted by molar-refractivity contribution is 5.89. The first-order valence-electron chi connectivity index (χ1n) is 8.18. The van der Waals surface area contributed by atoms with Crippen molar-refractivity contribution >= 4 is 23.2 Å². The fourth-order valence-corrected chi connectivity index (χ4v) is 2.30. The molecule has 0 heterocycles. The van der Waals surface area contributed by atoms with Gasteiger partial charge in [-0.1, -0.05) is 12.1 Å². The molecule has 0 atom stereocenters. The summed E-state index contributed by atoms with van der Waals surface area (Å²) in [6.07, 6.45) is 0.707. The molecular formula is C19H22FN3O3. The number of rotatable bonds is 8. The van der Waals surface area contributed by atoms with E-state index in [0.717, 1.165) is 11.3 Å². The Balaban J connectivity index is 1.76. The predicted molar refractivity (Wildman–Crippen MR) is 98.9 cm³/mol. The molecule has 138 valence electrons. The summed E-state index contributed by atoms with van der Waals surface area (Å²) in [7, 11) is 1.61. The Kier molecular flexibility index (Phi) is 6.96. The largest absolute Gasteiger partial charge is 0.497 e. The fraction of sp³-hybridized carbons (Fsp3) is 0.263. The second-order valence-corrected chi connectivity index (χ2v) is 5.68. The number of anilines is 2. The Labute approximate surface area is 151 Å².